The molecule has 0 N–H and O–H groups in total. The van der Waals surface area contributed by atoms with Crippen LogP contribution in [0.3, 0.4) is 0 Å². The summed E-state index contributed by atoms with van der Waals surface area (Å²) in [5.74, 6) is 6.20. The highest BCUT2D eigenvalue weighted by molar-refractivity contribution is 5.68. The number of rotatable bonds is 4. The molecule has 4 rings (SSSR count). The van der Waals surface area contributed by atoms with Crippen molar-refractivity contribution in [1.29, 1.82) is 0 Å². The van der Waals surface area contributed by atoms with E-state index in [9.17, 15) is 4.79 Å². The number of benzene rings is 1. The van der Waals surface area contributed by atoms with Gasteiger partial charge in [-0.1, -0.05) is 23.1 Å². The number of nitrogens with zero attached hydrogens (tertiary/aromatic N) is 4. The van der Waals surface area contributed by atoms with Crippen molar-refractivity contribution in [1.82, 2.24) is 19.9 Å². The molecule has 29 heavy (non-hydrogen) atoms. The molecular formula is C22H26N4O3. The monoisotopic (exact) mass is 394 g/mol. The Morgan fingerprint density at radius 1 is 1.24 bits per heavy atom. The lowest BCUT2D eigenvalue weighted by molar-refractivity contribution is 0.00370. The van der Waals surface area contributed by atoms with Crippen LogP contribution in [0.1, 0.15) is 36.8 Å². The maximum absolute atomic E-state index is 11.6. The smallest absolute Gasteiger partial charge is 0.410 e. The predicted molar refractivity (Wildman–Crippen MR) is 108 cm³/mol. The Morgan fingerprint density at radius 3 is 2.97 bits per heavy atom. The first-order chi connectivity index (χ1) is 14.2. The molecule has 1 amide bonds. The number of hydrogen-bond acceptors (Lipinski definition) is 5. The first-order valence-electron chi connectivity index (χ1n) is 10.2. The van der Waals surface area contributed by atoms with Gasteiger partial charge in [0.15, 0.2) is 0 Å². The van der Waals surface area contributed by atoms with Crippen LogP contribution in [0, 0.1) is 18.8 Å². The summed E-state index contributed by atoms with van der Waals surface area (Å²) in [5, 5.41) is 8.61. The predicted octanol–water partition coefficient (Wildman–Crippen LogP) is 3.02. The van der Waals surface area contributed by atoms with Gasteiger partial charge in [0.2, 0.25) is 0 Å². The Morgan fingerprint density at radius 2 is 2.17 bits per heavy atom. The average Bonchev–Trinajstić information content (AvgIpc) is 3.18. The van der Waals surface area contributed by atoms with Crippen LogP contribution in [0.25, 0.3) is 11.3 Å². The molecule has 0 radical (unpaired) electrons. The Bertz CT molecular complexity index is 922. The SMILES string of the molecule is Cc1cc(C#CCN2CCCOC2=O)ccc1-c1cn(CC2CCCCO2)nn1. The molecule has 3 heterocycles. The fraction of sp³-hybridized carbons (Fsp3) is 0.500. The molecule has 7 nitrogen and oxygen atoms in total. The molecule has 2 aliphatic heterocycles. The van der Waals surface area contributed by atoms with Crippen molar-refractivity contribution in [2.24, 2.45) is 0 Å². The molecule has 1 aromatic carbocycles. The molecular weight excluding hydrogens is 368 g/mol. The minimum absolute atomic E-state index is 0.231. The van der Waals surface area contributed by atoms with E-state index in [2.05, 4.69) is 22.2 Å². The van der Waals surface area contributed by atoms with Gasteiger partial charge in [-0.15, -0.1) is 5.10 Å². The molecule has 152 valence electrons. The summed E-state index contributed by atoms with van der Waals surface area (Å²) in [6.45, 7) is 5.22. The van der Waals surface area contributed by atoms with E-state index < -0.39 is 0 Å². The first-order valence-corrected chi connectivity index (χ1v) is 10.2. The van der Waals surface area contributed by atoms with Gasteiger partial charge in [-0.2, -0.15) is 0 Å². The lowest BCUT2D eigenvalue weighted by Gasteiger charge is -2.23. The van der Waals surface area contributed by atoms with Crippen molar-refractivity contribution in [2.75, 3.05) is 26.3 Å². The zero-order chi connectivity index (χ0) is 20.1. The standard InChI is InChI=1S/C22H26N4O3/c1-17-14-18(6-4-10-25-11-5-13-29-22(25)27)8-9-20(17)21-16-26(24-23-21)15-19-7-2-3-12-28-19/h8-9,14,16,19H,2-3,5,7,10-13,15H2,1H3. The van der Waals surface area contributed by atoms with Crippen LogP contribution >= 0.6 is 0 Å². The number of aryl methyl sites for hydroxylation is 1. The molecule has 0 bridgehead atoms. The topological polar surface area (TPSA) is 69.5 Å². The van der Waals surface area contributed by atoms with Crippen LogP contribution in [0.15, 0.2) is 24.4 Å². The van der Waals surface area contributed by atoms with Crippen molar-refractivity contribution in [3.05, 3.63) is 35.5 Å². The molecule has 2 aliphatic rings. The van der Waals surface area contributed by atoms with Crippen LogP contribution in [-0.2, 0) is 16.0 Å². The van der Waals surface area contributed by atoms with Crippen LogP contribution < -0.4 is 0 Å². The summed E-state index contributed by atoms with van der Waals surface area (Å²) in [5.41, 5.74) is 3.91. The zero-order valence-electron chi connectivity index (χ0n) is 16.8. The van der Waals surface area contributed by atoms with Crippen LogP contribution in [0.5, 0.6) is 0 Å². The minimum Gasteiger partial charge on any atom is -0.449 e. The van der Waals surface area contributed by atoms with Crippen LogP contribution in [0.2, 0.25) is 0 Å². The summed E-state index contributed by atoms with van der Waals surface area (Å²) < 4.78 is 12.7. The van der Waals surface area contributed by atoms with Crippen molar-refractivity contribution in [3.8, 4) is 23.1 Å². The normalized spacial score (nSPS) is 19.4. The number of ether oxygens (including phenoxy) is 2. The highest BCUT2D eigenvalue weighted by Gasteiger charge is 2.18. The van der Waals surface area contributed by atoms with E-state index in [1.54, 1.807) is 4.90 Å². The largest absolute Gasteiger partial charge is 0.449 e. The van der Waals surface area contributed by atoms with E-state index >= 15 is 0 Å². The fourth-order valence-electron chi connectivity index (χ4n) is 3.68. The number of aromatic nitrogens is 3. The summed E-state index contributed by atoms with van der Waals surface area (Å²) in [7, 11) is 0. The van der Waals surface area contributed by atoms with Crippen molar-refractivity contribution in [2.45, 2.75) is 45.3 Å². The molecule has 2 fully saturated rings. The molecule has 1 atom stereocenters. The Balaban J connectivity index is 1.40. The molecule has 1 aromatic heterocycles. The third-order valence-corrected chi connectivity index (χ3v) is 5.26. The number of cyclic esters (lactones) is 1. The first kappa shape index (κ1) is 19.5. The van der Waals surface area contributed by atoms with E-state index in [-0.39, 0.29) is 12.2 Å². The second-order valence-corrected chi connectivity index (χ2v) is 7.54. The Hall–Kier alpha value is -2.85. The maximum Gasteiger partial charge on any atom is 0.410 e. The van der Waals surface area contributed by atoms with E-state index in [0.29, 0.717) is 19.7 Å². The van der Waals surface area contributed by atoms with E-state index in [4.69, 9.17) is 9.47 Å². The van der Waals surface area contributed by atoms with Crippen molar-refractivity contribution < 1.29 is 14.3 Å². The van der Waals surface area contributed by atoms with Crippen molar-refractivity contribution >= 4 is 6.09 Å². The van der Waals surface area contributed by atoms with Gasteiger partial charge in [0.1, 0.15) is 5.69 Å². The average molecular weight is 394 g/mol. The molecule has 0 spiro atoms. The van der Waals surface area contributed by atoms with E-state index in [0.717, 1.165) is 54.8 Å². The summed E-state index contributed by atoms with van der Waals surface area (Å²) in [6.07, 6.45) is 6.23. The molecule has 0 aliphatic carbocycles. The highest BCUT2D eigenvalue weighted by atomic mass is 16.6. The number of hydrogen-bond donors (Lipinski definition) is 0. The van der Waals surface area contributed by atoms with Gasteiger partial charge in [-0.05, 0) is 50.3 Å². The van der Waals surface area contributed by atoms with Gasteiger partial charge in [0, 0.05) is 24.3 Å². The van der Waals surface area contributed by atoms with Gasteiger partial charge in [0.05, 0.1) is 32.0 Å². The number of carbonyl (C=O) groups is 1. The van der Waals surface area contributed by atoms with Crippen molar-refractivity contribution in [3.63, 3.8) is 0 Å². The second-order valence-electron chi connectivity index (χ2n) is 7.54. The summed E-state index contributed by atoms with van der Waals surface area (Å²) in [4.78, 5) is 13.3. The molecule has 1 unspecified atom stereocenters. The summed E-state index contributed by atoms with van der Waals surface area (Å²) >= 11 is 0. The van der Waals surface area contributed by atoms with Gasteiger partial charge in [-0.3, -0.25) is 4.90 Å². The fourth-order valence-corrected chi connectivity index (χ4v) is 3.68. The highest BCUT2D eigenvalue weighted by Crippen LogP contribution is 2.22. The quantitative estimate of drug-likeness (QED) is 0.746. The number of amides is 1. The van der Waals surface area contributed by atoms with Gasteiger partial charge < -0.3 is 9.47 Å². The summed E-state index contributed by atoms with van der Waals surface area (Å²) in [6, 6.07) is 6.05. The number of carbonyl (C=O) groups excluding carboxylic acids is 1. The van der Waals surface area contributed by atoms with Gasteiger partial charge >= 0.3 is 6.09 Å². The zero-order valence-corrected chi connectivity index (χ0v) is 16.8. The Labute approximate surface area is 171 Å². The van der Waals surface area contributed by atoms with Crippen LogP contribution in [0.4, 0.5) is 4.79 Å². The molecule has 2 saturated heterocycles. The maximum atomic E-state index is 11.6. The van der Waals surface area contributed by atoms with Gasteiger partial charge in [0.25, 0.3) is 0 Å². The van der Waals surface area contributed by atoms with E-state index in [1.165, 1.54) is 6.42 Å². The molecule has 0 saturated carbocycles. The molecule has 2 aromatic rings. The third kappa shape index (κ3) is 4.96. The lowest BCUT2D eigenvalue weighted by Crippen LogP contribution is -2.37. The van der Waals surface area contributed by atoms with E-state index in [1.807, 2.05) is 36.0 Å². The Kier molecular flexibility index (Phi) is 6.11. The molecule has 7 heteroatoms. The second kappa shape index (κ2) is 9.10. The lowest BCUT2D eigenvalue weighted by atomic mass is 10.0. The van der Waals surface area contributed by atoms with Crippen LogP contribution in [-0.4, -0.2) is 58.4 Å². The third-order valence-electron chi connectivity index (χ3n) is 5.26. The van der Waals surface area contributed by atoms with Gasteiger partial charge in [-0.25, -0.2) is 9.48 Å². The minimum atomic E-state index is -0.279.